The summed E-state index contributed by atoms with van der Waals surface area (Å²) in [7, 11) is 2.02. The van der Waals surface area contributed by atoms with E-state index in [0.29, 0.717) is 12.5 Å². The van der Waals surface area contributed by atoms with Crippen LogP contribution in [0.15, 0.2) is 18.2 Å². The van der Waals surface area contributed by atoms with Gasteiger partial charge in [-0.1, -0.05) is 26.0 Å². The summed E-state index contributed by atoms with van der Waals surface area (Å²) in [6.45, 7) is 5.85. The van der Waals surface area contributed by atoms with Gasteiger partial charge in [0.2, 0.25) is 0 Å². The molecule has 1 aromatic rings. The summed E-state index contributed by atoms with van der Waals surface area (Å²) in [5.74, 6) is 0.843. The molecule has 0 amide bonds. The molecule has 0 spiro atoms. The van der Waals surface area contributed by atoms with Crippen LogP contribution < -0.4 is 0 Å². The van der Waals surface area contributed by atoms with Crippen molar-refractivity contribution in [1.29, 1.82) is 0 Å². The average molecular weight is 245 g/mol. The first-order valence-corrected chi connectivity index (χ1v) is 6.90. The van der Waals surface area contributed by atoms with Gasteiger partial charge < -0.3 is 0 Å². The Bertz CT molecular complexity index is 437. The highest BCUT2D eigenvalue weighted by molar-refractivity contribution is 5.97. The quantitative estimate of drug-likeness (QED) is 0.743. The fourth-order valence-electron chi connectivity index (χ4n) is 2.77. The molecule has 0 unspecified atom stereocenters. The van der Waals surface area contributed by atoms with Crippen LogP contribution in [-0.2, 0) is 12.8 Å². The zero-order chi connectivity index (χ0) is 13.1. The minimum absolute atomic E-state index is 0.243. The van der Waals surface area contributed by atoms with E-state index in [1.165, 1.54) is 24.0 Å². The van der Waals surface area contributed by atoms with Gasteiger partial charge in [0, 0.05) is 12.1 Å². The lowest BCUT2D eigenvalue weighted by atomic mass is 10.0. The highest BCUT2D eigenvalue weighted by atomic mass is 16.1. The number of hydrogen-bond acceptors (Lipinski definition) is 2. The third kappa shape index (κ3) is 3.20. The molecular formula is C16H23NO. The van der Waals surface area contributed by atoms with Crippen LogP contribution in [0.5, 0.6) is 0 Å². The number of fused-ring (bicyclic) bond motifs is 1. The molecule has 1 aliphatic carbocycles. The lowest BCUT2D eigenvalue weighted by Gasteiger charge is -2.18. The topological polar surface area (TPSA) is 20.3 Å². The lowest BCUT2D eigenvalue weighted by Crippen LogP contribution is -2.29. The monoisotopic (exact) mass is 245 g/mol. The number of likely N-dealkylation sites (N-methyl/N-ethyl adjacent to an activating group) is 1. The normalized spacial score (nSPS) is 14.3. The second-order valence-electron chi connectivity index (χ2n) is 5.85. The largest absolute Gasteiger partial charge is 0.299 e. The summed E-state index contributed by atoms with van der Waals surface area (Å²) in [5.41, 5.74) is 3.70. The molecule has 0 fully saturated rings. The van der Waals surface area contributed by atoms with Crippen molar-refractivity contribution in [1.82, 2.24) is 4.90 Å². The van der Waals surface area contributed by atoms with Crippen molar-refractivity contribution in [3.8, 4) is 0 Å². The molecule has 0 aromatic heterocycles. The molecule has 1 aromatic carbocycles. The fourth-order valence-corrected chi connectivity index (χ4v) is 2.77. The van der Waals surface area contributed by atoms with Gasteiger partial charge in [0.1, 0.15) is 0 Å². The van der Waals surface area contributed by atoms with E-state index in [2.05, 4.69) is 30.9 Å². The van der Waals surface area contributed by atoms with E-state index < -0.39 is 0 Å². The van der Waals surface area contributed by atoms with Gasteiger partial charge in [-0.15, -0.1) is 0 Å². The maximum atomic E-state index is 12.2. The van der Waals surface area contributed by atoms with Crippen molar-refractivity contribution in [2.75, 3.05) is 20.1 Å². The van der Waals surface area contributed by atoms with Crippen LogP contribution in [0.25, 0.3) is 0 Å². The molecule has 0 N–H and O–H groups in total. The third-order valence-corrected chi connectivity index (χ3v) is 3.51. The van der Waals surface area contributed by atoms with Gasteiger partial charge in [0.05, 0.1) is 6.54 Å². The molecule has 0 saturated carbocycles. The number of rotatable bonds is 5. The first-order valence-electron chi connectivity index (χ1n) is 6.90. The summed E-state index contributed by atoms with van der Waals surface area (Å²) in [6, 6.07) is 6.24. The standard InChI is InChI=1S/C16H23NO/c1-12(2)10-17(3)11-16(18)15-8-7-13-5-4-6-14(13)9-15/h7-9,12H,4-6,10-11H2,1-3H3. The van der Waals surface area contributed by atoms with E-state index in [1.54, 1.807) is 0 Å². The summed E-state index contributed by atoms with van der Waals surface area (Å²) >= 11 is 0. The number of benzene rings is 1. The molecule has 2 rings (SSSR count). The van der Waals surface area contributed by atoms with E-state index in [9.17, 15) is 4.79 Å². The molecule has 0 atom stereocenters. The van der Waals surface area contributed by atoms with Crippen LogP contribution >= 0.6 is 0 Å². The van der Waals surface area contributed by atoms with Gasteiger partial charge in [-0.25, -0.2) is 0 Å². The fraction of sp³-hybridized carbons (Fsp3) is 0.562. The molecule has 1 aliphatic rings. The summed E-state index contributed by atoms with van der Waals surface area (Å²) < 4.78 is 0. The van der Waals surface area contributed by atoms with Crippen LogP contribution in [-0.4, -0.2) is 30.8 Å². The number of carbonyl (C=O) groups excluding carboxylic acids is 1. The molecule has 0 bridgehead atoms. The molecule has 0 saturated heterocycles. The van der Waals surface area contributed by atoms with Crippen molar-refractivity contribution < 1.29 is 4.79 Å². The van der Waals surface area contributed by atoms with Crippen LogP contribution in [0.1, 0.15) is 41.8 Å². The number of Topliss-reactive ketones (excluding diaryl/α,β-unsaturated/α-hetero) is 1. The highest BCUT2D eigenvalue weighted by Crippen LogP contribution is 2.23. The smallest absolute Gasteiger partial charge is 0.176 e. The van der Waals surface area contributed by atoms with E-state index in [0.717, 1.165) is 18.5 Å². The van der Waals surface area contributed by atoms with Crippen molar-refractivity contribution in [2.45, 2.75) is 33.1 Å². The van der Waals surface area contributed by atoms with E-state index >= 15 is 0 Å². The Morgan fingerprint density at radius 1 is 1.28 bits per heavy atom. The highest BCUT2D eigenvalue weighted by Gasteiger charge is 2.15. The molecule has 0 aliphatic heterocycles. The zero-order valence-electron chi connectivity index (χ0n) is 11.7. The Hall–Kier alpha value is -1.15. The van der Waals surface area contributed by atoms with Crippen molar-refractivity contribution in [3.05, 3.63) is 34.9 Å². The molecule has 0 heterocycles. The zero-order valence-corrected chi connectivity index (χ0v) is 11.7. The van der Waals surface area contributed by atoms with E-state index in [1.807, 2.05) is 13.1 Å². The third-order valence-electron chi connectivity index (χ3n) is 3.51. The summed E-state index contributed by atoms with van der Waals surface area (Å²) in [6.07, 6.45) is 3.55. The number of aryl methyl sites for hydroxylation is 2. The first kappa shape index (κ1) is 13.3. The second-order valence-corrected chi connectivity index (χ2v) is 5.85. The minimum Gasteiger partial charge on any atom is -0.299 e. The number of carbonyl (C=O) groups is 1. The Morgan fingerprint density at radius 3 is 2.72 bits per heavy atom. The van der Waals surface area contributed by atoms with Crippen molar-refractivity contribution >= 4 is 5.78 Å². The minimum atomic E-state index is 0.243. The van der Waals surface area contributed by atoms with Crippen LogP contribution in [0.4, 0.5) is 0 Å². The summed E-state index contributed by atoms with van der Waals surface area (Å²) in [5, 5.41) is 0. The van der Waals surface area contributed by atoms with Gasteiger partial charge in [0.15, 0.2) is 5.78 Å². The maximum Gasteiger partial charge on any atom is 0.176 e. The predicted octanol–water partition coefficient (Wildman–Crippen LogP) is 2.95. The lowest BCUT2D eigenvalue weighted by molar-refractivity contribution is 0.0940. The molecule has 0 radical (unpaired) electrons. The summed E-state index contributed by atoms with van der Waals surface area (Å²) in [4.78, 5) is 14.3. The first-order chi connectivity index (χ1) is 8.56. The number of ketones is 1. The molecule has 2 nitrogen and oxygen atoms in total. The van der Waals surface area contributed by atoms with Crippen LogP contribution in [0.2, 0.25) is 0 Å². The second kappa shape index (κ2) is 5.66. The van der Waals surface area contributed by atoms with Gasteiger partial charge >= 0.3 is 0 Å². The maximum absolute atomic E-state index is 12.2. The molecule has 18 heavy (non-hydrogen) atoms. The van der Waals surface area contributed by atoms with Crippen molar-refractivity contribution in [2.24, 2.45) is 5.92 Å². The molecule has 98 valence electrons. The molecule has 2 heteroatoms. The van der Waals surface area contributed by atoms with E-state index in [-0.39, 0.29) is 5.78 Å². The van der Waals surface area contributed by atoms with Gasteiger partial charge in [0.25, 0.3) is 0 Å². The number of hydrogen-bond donors (Lipinski definition) is 0. The Labute approximate surface area is 110 Å². The van der Waals surface area contributed by atoms with Gasteiger partial charge in [-0.2, -0.15) is 0 Å². The van der Waals surface area contributed by atoms with Crippen LogP contribution in [0, 0.1) is 5.92 Å². The Balaban J connectivity index is 2.01. The predicted molar refractivity (Wildman–Crippen MR) is 75.1 cm³/mol. The Kier molecular flexibility index (Phi) is 4.18. The number of nitrogens with zero attached hydrogens (tertiary/aromatic N) is 1. The van der Waals surface area contributed by atoms with Crippen molar-refractivity contribution in [3.63, 3.8) is 0 Å². The average Bonchev–Trinajstić information content (AvgIpc) is 2.74. The van der Waals surface area contributed by atoms with Gasteiger partial charge in [-0.05, 0) is 49.4 Å². The molecular weight excluding hydrogens is 222 g/mol. The van der Waals surface area contributed by atoms with E-state index in [4.69, 9.17) is 0 Å². The SMILES string of the molecule is CC(C)CN(C)CC(=O)c1ccc2c(c1)CCC2. The Morgan fingerprint density at radius 2 is 2.00 bits per heavy atom. The van der Waals surface area contributed by atoms with Crippen LogP contribution in [0.3, 0.4) is 0 Å². The van der Waals surface area contributed by atoms with Gasteiger partial charge in [-0.3, -0.25) is 9.69 Å².